The van der Waals surface area contributed by atoms with Crippen LogP contribution in [0.25, 0.3) is 5.69 Å². The number of hydrogen-bond acceptors (Lipinski definition) is 3. The van der Waals surface area contributed by atoms with Crippen LogP contribution >= 0.6 is 0 Å². The molecule has 24 heavy (non-hydrogen) atoms. The third kappa shape index (κ3) is 3.23. The highest BCUT2D eigenvalue weighted by Gasteiger charge is 2.44. The van der Waals surface area contributed by atoms with Gasteiger partial charge in [0, 0.05) is 24.6 Å². The van der Waals surface area contributed by atoms with Crippen LogP contribution in [-0.4, -0.2) is 52.5 Å². The van der Waals surface area contributed by atoms with Crippen molar-refractivity contribution in [2.75, 3.05) is 19.7 Å². The molecule has 2 heterocycles. The van der Waals surface area contributed by atoms with Crippen LogP contribution in [0.1, 0.15) is 10.4 Å². The molecule has 0 spiro atoms. The maximum Gasteiger partial charge on any atom is 0.416 e. The molecule has 1 aliphatic rings. The monoisotopic (exact) mass is 340 g/mol. The van der Waals surface area contributed by atoms with Crippen LogP contribution in [0.3, 0.4) is 0 Å². The van der Waals surface area contributed by atoms with E-state index >= 15 is 0 Å². The van der Waals surface area contributed by atoms with E-state index in [1.807, 2.05) is 0 Å². The molecule has 128 valence electrons. The van der Waals surface area contributed by atoms with E-state index in [1.165, 1.54) is 12.1 Å². The lowest BCUT2D eigenvalue weighted by atomic mass is 10.1. The SMILES string of the molecule is O=C(c1cc(-n2cccc2)ccc1O)N1CCO[C@H](C(F)(F)F)C1. The van der Waals surface area contributed by atoms with Crippen molar-refractivity contribution in [1.82, 2.24) is 9.47 Å². The van der Waals surface area contributed by atoms with E-state index in [4.69, 9.17) is 0 Å². The number of morpholine rings is 1. The van der Waals surface area contributed by atoms with Gasteiger partial charge in [0.15, 0.2) is 6.10 Å². The zero-order chi connectivity index (χ0) is 17.3. The first-order valence-corrected chi connectivity index (χ1v) is 7.30. The molecule has 2 aromatic rings. The standard InChI is InChI=1S/C16H15F3N2O3/c17-16(18,19)14-10-21(7-8-24-14)15(23)12-9-11(3-4-13(12)22)20-5-1-2-6-20/h1-6,9,14,22H,7-8,10H2/t14-/m0/s1. The minimum atomic E-state index is -4.53. The second-order valence-electron chi connectivity index (χ2n) is 5.44. The van der Waals surface area contributed by atoms with Gasteiger partial charge in [0.05, 0.1) is 18.7 Å². The molecule has 8 heteroatoms. The zero-order valence-electron chi connectivity index (χ0n) is 12.5. The number of alkyl halides is 3. The van der Waals surface area contributed by atoms with Crippen molar-refractivity contribution in [3.63, 3.8) is 0 Å². The van der Waals surface area contributed by atoms with Crippen molar-refractivity contribution in [3.8, 4) is 11.4 Å². The fraction of sp³-hybridized carbons (Fsp3) is 0.312. The minimum absolute atomic E-state index is 0.0379. The van der Waals surface area contributed by atoms with Gasteiger partial charge in [0.25, 0.3) is 5.91 Å². The molecule has 1 N–H and O–H groups in total. The van der Waals surface area contributed by atoms with Crippen LogP contribution < -0.4 is 0 Å². The minimum Gasteiger partial charge on any atom is -0.507 e. The topological polar surface area (TPSA) is 54.7 Å². The Labute approximate surface area is 135 Å². The normalized spacial score (nSPS) is 18.6. The summed E-state index contributed by atoms with van der Waals surface area (Å²) in [5.74, 6) is -0.926. The molecule has 1 atom stereocenters. The number of hydrogen-bond donors (Lipinski definition) is 1. The molecule has 1 aromatic carbocycles. The highest BCUT2D eigenvalue weighted by molar-refractivity contribution is 5.97. The lowest BCUT2D eigenvalue weighted by Gasteiger charge is -2.34. The number of nitrogens with zero attached hydrogens (tertiary/aromatic N) is 2. The maximum absolute atomic E-state index is 12.8. The summed E-state index contributed by atoms with van der Waals surface area (Å²) in [7, 11) is 0. The lowest BCUT2D eigenvalue weighted by molar-refractivity contribution is -0.233. The molecule has 1 saturated heterocycles. The molecular formula is C16H15F3N2O3. The van der Waals surface area contributed by atoms with Crippen molar-refractivity contribution >= 4 is 5.91 Å². The molecule has 1 aliphatic heterocycles. The number of aromatic hydroxyl groups is 1. The number of phenols is 1. The molecule has 0 bridgehead atoms. The third-order valence-corrected chi connectivity index (χ3v) is 3.83. The molecule has 3 rings (SSSR count). The molecule has 1 fully saturated rings. The second-order valence-corrected chi connectivity index (χ2v) is 5.44. The van der Waals surface area contributed by atoms with Gasteiger partial charge in [-0.2, -0.15) is 13.2 Å². The number of phenolic OH excluding ortho intramolecular Hbond substituents is 1. The van der Waals surface area contributed by atoms with Crippen LogP contribution in [0.5, 0.6) is 5.75 Å². The van der Waals surface area contributed by atoms with E-state index in [0.717, 1.165) is 4.90 Å². The van der Waals surface area contributed by atoms with Crippen LogP contribution in [-0.2, 0) is 4.74 Å². The van der Waals surface area contributed by atoms with E-state index in [0.29, 0.717) is 5.69 Å². The maximum atomic E-state index is 12.8. The average molecular weight is 340 g/mol. The fourth-order valence-electron chi connectivity index (χ4n) is 2.56. The molecule has 5 nitrogen and oxygen atoms in total. The quantitative estimate of drug-likeness (QED) is 0.914. The van der Waals surface area contributed by atoms with Gasteiger partial charge >= 0.3 is 6.18 Å². The Bertz CT molecular complexity index is 729. The first-order valence-electron chi connectivity index (χ1n) is 7.30. The Morgan fingerprint density at radius 3 is 2.62 bits per heavy atom. The molecular weight excluding hydrogens is 325 g/mol. The highest BCUT2D eigenvalue weighted by Crippen LogP contribution is 2.28. The summed E-state index contributed by atoms with van der Waals surface area (Å²) < 4.78 is 44.8. The molecule has 0 aliphatic carbocycles. The summed E-state index contributed by atoms with van der Waals surface area (Å²) in [6, 6.07) is 8.01. The summed E-state index contributed by atoms with van der Waals surface area (Å²) in [4.78, 5) is 13.6. The Hall–Kier alpha value is -2.48. The fourth-order valence-corrected chi connectivity index (χ4v) is 2.56. The number of ether oxygens (including phenoxy) is 1. The summed E-state index contributed by atoms with van der Waals surface area (Å²) in [5, 5.41) is 9.95. The number of rotatable bonds is 2. The number of carbonyl (C=O) groups is 1. The van der Waals surface area contributed by atoms with E-state index in [9.17, 15) is 23.1 Å². The lowest BCUT2D eigenvalue weighted by Crippen LogP contribution is -2.51. The van der Waals surface area contributed by atoms with E-state index < -0.39 is 24.7 Å². The van der Waals surface area contributed by atoms with Gasteiger partial charge in [-0.05, 0) is 30.3 Å². The molecule has 0 radical (unpaired) electrons. The van der Waals surface area contributed by atoms with Crippen molar-refractivity contribution in [2.45, 2.75) is 12.3 Å². The van der Waals surface area contributed by atoms with Crippen LogP contribution in [0.15, 0.2) is 42.7 Å². The van der Waals surface area contributed by atoms with Gasteiger partial charge in [-0.25, -0.2) is 0 Å². The third-order valence-electron chi connectivity index (χ3n) is 3.83. The zero-order valence-corrected chi connectivity index (χ0v) is 12.5. The number of halogens is 3. The molecule has 1 amide bonds. The summed E-state index contributed by atoms with van der Waals surface area (Å²) >= 11 is 0. The Balaban J connectivity index is 1.85. The average Bonchev–Trinajstić information content (AvgIpc) is 3.08. The predicted molar refractivity (Wildman–Crippen MR) is 79.1 cm³/mol. The largest absolute Gasteiger partial charge is 0.507 e. The Morgan fingerprint density at radius 1 is 1.25 bits per heavy atom. The smallest absolute Gasteiger partial charge is 0.416 e. The number of carbonyl (C=O) groups excluding carboxylic acids is 1. The van der Waals surface area contributed by atoms with E-state index in [-0.39, 0.29) is 24.5 Å². The Kier molecular flexibility index (Phi) is 4.23. The first kappa shape index (κ1) is 16.4. The molecule has 1 aromatic heterocycles. The number of amides is 1. The molecule has 0 unspecified atom stereocenters. The van der Waals surface area contributed by atoms with Gasteiger partial charge in [-0.3, -0.25) is 4.79 Å². The van der Waals surface area contributed by atoms with Crippen molar-refractivity contribution < 1.29 is 27.8 Å². The molecule has 0 saturated carbocycles. The van der Waals surface area contributed by atoms with Crippen LogP contribution in [0, 0.1) is 0 Å². The van der Waals surface area contributed by atoms with Gasteiger partial charge in [-0.1, -0.05) is 0 Å². The predicted octanol–water partition coefficient (Wildman–Crippen LogP) is 2.59. The van der Waals surface area contributed by atoms with Crippen molar-refractivity contribution in [1.29, 1.82) is 0 Å². The van der Waals surface area contributed by atoms with Crippen molar-refractivity contribution in [2.24, 2.45) is 0 Å². The first-order chi connectivity index (χ1) is 11.4. The summed E-state index contributed by atoms with van der Waals surface area (Å²) in [6.45, 7) is -0.748. The van der Waals surface area contributed by atoms with Gasteiger partial charge in [0.2, 0.25) is 0 Å². The number of benzene rings is 1. The number of aromatic nitrogens is 1. The summed E-state index contributed by atoms with van der Waals surface area (Å²) in [5.41, 5.74) is 0.589. The highest BCUT2D eigenvalue weighted by atomic mass is 19.4. The second kappa shape index (κ2) is 6.20. The van der Waals surface area contributed by atoms with Crippen LogP contribution in [0.2, 0.25) is 0 Å². The van der Waals surface area contributed by atoms with Gasteiger partial charge in [-0.15, -0.1) is 0 Å². The van der Waals surface area contributed by atoms with Crippen molar-refractivity contribution in [3.05, 3.63) is 48.3 Å². The Morgan fingerprint density at radius 2 is 1.96 bits per heavy atom. The van der Waals surface area contributed by atoms with Gasteiger partial charge < -0.3 is 19.3 Å². The summed E-state index contributed by atoms with van der Waals surface area (Å²) in [6.07, 6.45) is -3.03. The van der Waals surface area contributed by atoms with Gasteiger partial charge in [0.1, 0.15) is 5.75 Å². The van der Waals surface area contributed by atoms with E-state index in [1.54, 1.807) is 35.2 Å². The van der Waals surface area contributed by atoms with Crippen LogP contribution in [0.4, 0.5) is 13.2 Å². The van der Waals surface area contributed by atoms with E-state index in [2.05, 4.69) is 4.74 Å².